The molecule has 1 N–H and O–H groups in total. The number of halogens is 3. The second kappa shape index (κ2) is 8.13. The molecule has 0 atom stereocenters. The van der Waals surface area contributed by atoms with Crippen molar-refractivity contribution in [3.8, 4) is 5.69 Å². The molecule has 1 aromatic heterocycles. The maximum absolute atomic E-state index is 12.9. The van der Waals surface area contributed by atoms with Gasteiger partial charge in [0.1, 0.15) is 0 Å². The summed E-state index contributed by atoms with van der Waals surface area (Å²) in [6.45, 7) is 2.25. The second-order valence-electron chi connectivity index (χ2n) is 5.56. The highest BCUT2D eigenvalue weighted by molar-refractivity contribution is 5.92. The summed E-state index contributed by atoms with van der Waals surface area (Å²) in [7, 11) is 1.52. The number of alkyl halides is 3. The predicted molar refractivity (Wildman–Crippen MR) is 88.4 cm³/mol. The van der Waals surface area contributed by atoms with Crippen molar-refractivity contribution in [3.63, 3.8) is 0 Å². The molecule has 1 aromatic carbocycles. The summed E-state index contributed by atoms with van der Waals surface area (Å²) in [5, 5.41) is 6.49. The van der Waals surface area contributed by atoms with Crippen molar-refractivity contribution in [1.29, 1.82) is 0 Å². The molecule has 0 saturated heterocycles. The average Bonchev–Trinajstić information content (AvgIpc) is 2.58. The lowest BCUT2D eigenvalue weighted by atomic mass is 10.2. The van der Waals surface area contributed by atoms with Crippen LogP contribution in [0.3, 0.4) is 0 Å². The van der Waals surface area contributed by atoms with Crippen molar-refractivity contribution in [2.45, 2.75) is 19.5 Å². The van der Waals surface area contributed by atoms with Crippen LogP contribution in [0.15, 0.2) is 35.1 Å². The first-order valence-electron chi connectivity index (χ1n) is 7.80. The molecule has 0 unspecified atom stereocenters. The maximum atomic E-state index is 12.9. The van der Waals surface area contributed by atoms with Gasteiger partial charge in [-0.3, -0.25) is 9.59 Å². The molecule has 0 saturated carbocycles. The first-order valence-corrected chi connectivity index (χ1v) is 7.80. The van der Waals surface area contributed by atoms with Gasteiger partial charge in [0.15, 0.2) is 5.69 Å². The molecule has 0 radical (unpaired) electrons. The average molecular weight is 369 g/mol. The van der Waals surface area contributed by atoms with E-state index < -0.39 is 23.1 Å². The number of rotatable bonds is 6. The Bertz CT molecular complexity index is 847. The Morgan fingerprint density at radius 3 is 2.69 bits per heavy atom. The second-order valence-corrected chi connectivity index (χ2v) is 5.56. The highest BCUT2D eigenvalue weighted by Gasteiger charge is 2.30. The van der Waals surface area contributed by atoms with Gasteiger partial charge in [-0.2, -0.15) is 18.3 Å². The number of carbonyl (C=O) groups is 1. The van der Waals surface area contributed by atoms with E-state index in [1.165, 1.54) is 26.2 Å². The van der Waals surface area contributed by atoms with E-state index in [4.69, 9.17) is 4.74 Å². The minimum atomic E-state index is -4.51. The normalized spacial score (nSPS) is 11.4. The fraction of sp³-hybridized carbons (Fsp3) is 0.353. The zero-order valence-corrected chi connectivity index (χ0v) is 14.3. The van der Waals surface area contributed by atoms with E-state index in [1.807, 2.05) is 0 Å². The largest absolute Gasteiger partial charge is 0.416 e. The van der Waals surface area contributed by atoms with Gasteiger partial charge < -0.3 is 10.1 Å². The molecule has 26 heavy (non-hydrogen) atoms. The van der Waals surface area contributed by atoms with Gasteiger partial charge in [0.05, 0.1) is 11.3 Å². The molecule has 1 heterocycles. The van der Waals surface area contributed by atoms with Crippen LogP contribution < -0.4 is 10.7 Å². The summed E-state index contributed by atoms with van der Waals surface area (Å²) in [6, 6.07) is 5.66. The van der Waals surface area contributed by atoms with Crippen LogP contribution >= 0.6 is 0 Å². The van der Waals surface area contributed by atoms with E-state index in [2.05, 4.69) is 10.4 Å². The van der Waals surface area contributed by atoms with Gasteiger partial charge in [-0.15, -0.1) is 0 Å². The zero-order chi connectivity index (χ0) is 19.3. The summed E-state index contributed by atoms with van der Waals surface area (Å²) in [4.78, 5) is 24.2. The van der Waals surface area contributed by atoms with E-state index in [0.717, 1.165) is 22.9 Å². The smallest absolute Gasteiger partial charge is 0.385 e. The van der Waals surface area contributed by atoms with Gasteiger partial charge in [-0.25, -0.2) is 4.68 Å². The van der Waals surface area contributed by atoms with Crippen molar-refractivity contribution in [2.24, 2.45) is 0 Å². The number of carbonyl (C=O) groups excluding carboxylic acids is 1. The number of nitrogens with zero attached hydrogens (tertiary/aromatic N) is 2. The van der Waals surface area contributed by atoms with Crippen molar-refractivity contribution in [2.75, 3.05) is 20.3 Å². The summed E-state index contributed by atoms with van der Waals surface area (Å²) < 4.78 is 44.7. The third kappa shape index (κ3) is 4.69. The van der Waals surface area contributed by atoms with Gasteiger partial charge in [-0.1, -0.05) is 6.07 Å². The molecule has 0 bridgehead atoms. The van der Waals surface area contributed by atoms with E-state index in [1.54, 1.807) is 0 Å². The zero-order valence-electron chi connectivity index (χ0n) is 14.3. The predicted octanol–water partition coefficient (Wildman–Crippen LogP) is 2.33. The standard InChI is InChI=1S/C17H18F3N3O3/c1-11-9-14(24)15(16(25)21-7-4-8-26-2)22-23(11)13-6-3-5-12(10-13)17(18,19)20/h3,5-6,9-10H,4,7-8H2,1-2H3,(H,21,25). The Labute approximate surface area is 147 Å². The highest BCUT2D eigenvalue weighted by Crippen LogP contribution is 2.30. The van der Waals surface area contributed by atoms with Crippen LogP contribution in [0.2, 0.25) is 0 Å². The highest BCUT2D eigenvalue weighted by atomic mass is 19.4. The number of nitrogens with one attached hydrogen (secondary N) is 1. The number of amides is 1. The maximum Gasteiger partial charge on any atom is 0.416 e. The molecule has 2 rings (SSSR count). The first kappa shape index (κ1) is 19.6. The van der Waals surface area contributed by atoms with Crippen LogP contribution in [-0.2, 0) is 10.9 Å². The lowest BCUT2D eigenvalue weighted by molar-refractivity contribution is -0.137. The van der Waals surface area contributed by atoms with Gasteiger partial charge in [0, 0.05) is 32.0 Å². The van der Waals surface area contributed by atoms with Crippen LogP contribution in [0.25, 0.3) is 5.69 Å². The molecule has 0 fully saturated rings. The number of hydrogen-bond donors (Lipinski definition) is 1. The molecular weight excluding hydrogens is 351 g/mol. The molecule has 0 spiro atoms. The van der Waals surface area contributed by atoms with Gasteiger partial charge in [0.2, 0.25) is 5.43 Å². The molecule has 2 aromatic rings. The van der Waals surface area contributed by atoms with Crippen molar-refractivity contribution < 1.29 is 22.7 Å². The van der Waals surface area contributed by atoms with E-state index in [-0.39, 0.29) is 17.9 Å². The number of hydrogen-bond acceptors (Lipinski definition) is 4. The van der Waals surface area contributed by atoms with Gasteiger partial charge >= 0.3 is 6.18 Å². The topological polar surface area (TPSA) is 73.2 Å². The number of methoxy groups -OCH3 is 1. The Morgan fingerprint density at radius 2 is 2.04 bits per heavy atom. The monoisotopic (exact) mass is 369 g/mol. The summed E-state index contributed by atoms with van der Waals surface area (Å²) >= 11 is 0. The van der Waals surface area contributed by atoms with Crippen molar-refractivity contribution in [3.05, 3.63) is 57.5 Å². The van der Waals surface area contributed by atoms with Crippen LogP contribution in [0.4, 0.5) is 13.2 Å². The fourth-order valence-corrected chi connectivity index (χ4v) is 2.28. The Kier molecular flexibility index (Phi) is 6.14. The lowest BCUT2D eigenvalue weighted by Crippen LogP contribution is -2.32. The molecule has 1 amide bonds. The SMILES string of the molecule is COCCCNC(=O)c1nn(-c2cccc(C(F)(F)F)c2)c(C)cc1=O. The summed E-state index contributed by atoms with van der Waals surface area (Å²) in [5.74, 6) is -0.688. The van der Waals surface area contributed by atoms with Crippen molar-refractivity contribution in [1.82, 2.24) is 15.1 Å². The van der Waals surface area contributed by atoms with Gasteiger partial charge in [0.25, 0.3) is 5.91 Å². The number of aromatic nitrogens is 2. The number of ether oxygens (including phenoxy) is 1. The Hall–Kier alpha value is -2.68. The van der Waals surface area contributed by atoms with E-state index in [9.17, 15) is 22.8 Å². The quantitative estimate of drug-likeness (QED) is 0.794. The third-order valence-corrected chi connectivity index (χ3v) is 3.55. The third-order valence-electron chi connectivity index (χ3n) is 3.55. The Morgan fingerprint density at radius 1 is 1.31 bits per heavy atom. The van der Waals surface area contributed by atoms with E-state index in [0.29, 0.717) is 18.7 Å². The molecule has 0 aliphatic heterocycles. The van der Waals surface area contributed by atoms with E-state index >= 15 is 0 Å². The van der Waals surface area contributed by atoms with Crippen LogP contribution in [0.5, 0.6) is 0 Å². The molecule has 6 nitrogen and oxygen atoms in total. The number of benzene rings is 1. The van der Waals surface area contributed by atoms with Crippen LogP contribution in [-0.4, -0.2) is 35.9 Å². The molecule has 0 aliphatic rings. The fourth-order valence-electron chi connectivity index (χ4n) is 2.28. The number of aryl methyl sites for hydroxylation is 1. The minimum absolute atomic E-state index is 0.103. The molecule has 0 aliphatic carbocycles. The summed E-state index contributed by atoms with van der Waals surface area (Å²) in [5.41, 5.74) is -1.42. The summed E-state index contributed by atoms with van der Waals surface area (Å²) in [6.07, 6.45) is -3.96. The lowest BCUT2D eigenvalue weighted by Gasteiger charge is -2.13. The van der Waals surface area contributed by atoms with Crippen LogP contribution in [0.1, 0.15) is 28.2 Å². The molecule has 9 heteroatoms. The van der Waals surface area contributed by atoms with Crippen LogP contribution in [0, 0.1) is 6.92 Å². The minimum Gasteiger partial charge on any atom is -0.385 e. The Balaban J connectivity index is 2.36. The van der Waals surface area contributed by atoms with Gasteiger partial charge in [-0.05, 0) is 31.5 Å². The first-order chi connectivity index (χ1) is 12.2. The molecular formula is C17H18F3N3O3. The van der Waals surface area contributed by atoms with Crippen molar-refractivity contribution >= 4 is 5.91 Å². The molecule has 140 valence electrons.